The summed E-state index contributed by atoms with van der Waals surface area (Å²) in [5, 5.41) is -0.135. The molecule has 2 fully saturated rings. The minimum atomic E-state index is -2.41. The van der Waals surface area contributed by atoms with E-state index in [-0.39, 0.29) is 46.8 Å². The van der Waals surface area contributed by atoms with Crippen molar-refractivity contribution in [2.24, 2.45) is 11.8 Å². The highest BCUT2D eigenvalue weighted by molar-refractivity contribution is 6.74. The molecule has 1 spiro atoms. The molecule has 0 bridgehead atoms. The van der Waals surface area contributed by atoms with Gasteiger partial charge in [0.25, 0.3) is 5.97 Å². The molecule has 2 heterocycles. The molecule has 2 aliphatic heterocycles. The predicted octanol–water partition coefficient (Wildman–Crippen LogP) is 11.3. The summed E-state index contributed by atoms with van der Waals surface area (Å²) in [7, 11) is 5.21. The molecule has 0 amide bonds. The van der Waals surface area contributed by atoms with Crippen molar-refractivity contribution in [2.75, 3.05) is 49.3 Å². The van der Waals surface area contributed by atoms with Gasteiger partial charge in [-0.1, -0.05) is 73.6 Å². The molecular formula is C54H90O13Si2. The lowest BCUT2D eigenvalue weighted by Crippen LogP contribution is -2.66. The van der Waals surface area contributed by atoms with Crippen LogP contribution in [0.1, 0.15) is 106 Å². The molecule has 2 saturated heterocycles. The summed E-state index contributed by atoms with van der Waals surface area (Å²) in [6, 6.07) is 13.7. The fraction of sp³-hybridized carbons (Fsp3) is 0.741. The van der Waals surface area contributed by atoms with Gasteiger partial charge in [-0.25, -0.2) is 0 Å². The molecule has 0 aromatic heterocycles. The lowest BCUT2D eigenvalue weighted by molar-refractivity contribution is -0.390. The molecule has 2 unspecified atom stereocenters. The number of ether oxygens (including phenoxy) is 11. The summed E-state index contributed by atoms with van der Waals surface area (Å²) < 4.78 is 85.8. The first-order valence-electron chi connectivity index (χ1n) is 24.7. The lowest BCUT2D eigenvalue weighted by Gasteiger charge is -2.55. The molecule has 4 rings (SSSR count). The summed E-state index contributed by atoms with van der Waals surface area (Å²) in [4.78, 5) is 0. The molecule has 69 heavy (non-hydrogen) atoms. The summed E-state index contributed by atoms with van der Waals surface area (Å²) in [5.74, 6) is 4.91. The van der Waals surface area contributed by atoms with Crippen molar-refractivity contribution in [1.82, 2.24) is 0 Å². The van der Waals surface area contributed by atoms with E-state index in [4.69, 9.17) is 61.0 Å². The van der Waals surface area contributed by atoms with Gasteiger partial charge in [-0.3, -0.25) is 4.74 Å². The van der Waals surface area contributed by atoms with E-state index < -0.39 is 52.8 Å². The van der Waals surface area contributed by atoms with E-state index in [9.17, 15) is 0 Å². The van der Waals surface area contributed by atoms with Crippen LogP contribution in [0.5, 0.6) is 17.2 Å². The SMILES string of the molecule is CC#CCC[C@H](O[Si](C)(C)C(C)(C)C)[C@H](C[C@H](OCc1ccc(OC)c(OC)c1)[C@H]1OC(C)(OC)O[C@]12O[C@H](C[C@H](COC)OCc1ccc(OC)cc1)[C@H](C)[C@H](O[Si](C)(C)C(C)(C)C)C2C)OC. The van der Waals surface area contributed by atoms with Crippen LogP contribution in [-0.2, 0) is 60.0 Å². The first-order valence-corrected chi connectivity index (χ1v) is 30.5. The Bertz CT molecular complexity index is 1940. The second-order valence-corrected chi connectivity index (χ2v) is 31.5. The third-order valence-electron chi connectivity index (χ3n) is 15.2. The van der Waals surface area contributed by atoms with Crippen molar-refractivity contribution in [1.29, 1.82) is 0 Å². The molecule has 15 heteroatoms. The molecule has 392 valence electrons. The lowest BCUT2D eigenvalue weighted by atomic mass is 9.76. The van der Waals surface area contributed by atoms with Crippen molar-refractivity contribution in [2.45, 2.75) is 199 Å². The number of methoxy groups -OCH3 is 6. The van der Waals surface area contributed by atoms with Crippen LogP contribution in [0.2, 0.25) is 36.3 Å². The van der Waals surface area contributed by atoms with Crippen LogP contribution in [-0.4, -0.2) is 120 Å². The van der Waals surface area contributed by atoms with Crippen LogP contribution in [0.15, 0.2) is 42.5 Å². The number of rotatable bonds is 25. The van der Waals surface area contributed by atoms with Crippen LogP contribution in [0.3, 0.4) is 0 Å². The Balaban J connectivity index is 1.91. The maximum absolute atomic E-state index is 7.60. The van der Waals surface area contributed by atoms with Gasteiger partial charge < -0.3 is 56.2 Å². The number of hydrogen-bond donors (Lipinski definition) is 0. The standard InChI is InChI=1S/C54H90O13Si2/c1-21-22-23-24-44(65-68(17,18)51(4,5)6)47(59-15)33-48(62-35-40-27-30-43(57-13)46(31-40)58-14)50-54(67-53(10,60-16)64-50)38(3)49(66-69(19,20)52(7,8)9)37(2)45(63-54)32-42(36-55-11)61-34-39-25-28-41(56-12)29-26-39/h25-31,37-38,42,44-45,47-50H,23-24,32-36H2,1-20H3/t37-,38?,42+,44-,45+,47-,48-,49-,50+,53?,54-/m0/s1. The highest BCUT2D eigenvalue weighted by Gasteiger charge is 2.68. The van der Waals surface area contributed by atoms with Gasteiger partial charge in [0.2, 0.25) is 5.79 Å². The topological polar surface area (TPSA) is 120 Å². The fourth-order valence-electron chi connectivity index (χ4n) is 8.75. The van der Waals surface area contributed by atoms with E-state index in [2.05, 4.69) is 93.4 Å². The maximum atomic E-state index is 7.60. The van der Waals surface area contributed by atoms with E-state index in [0.29, 0.717) is 50.4 Å². The second-order valence-electron chi connectivity index (χ2n) is 22.0. The smallest absolute Gasteiger partial charge is 0.282 e. The summed E-state index contributed by atoms with van der Waals surface area (Å²) in [6.07, 6.45) is -1.25. The van der Waals surface area contributed by atoms with Crippen LogP contribution in [0.25, 0.3) is 0 Å². The molecular weight excluding hydrogens is 913 g/mol. The van der Waals surface area contributed by atoms with Crippen molar-refractivity contribution in [3.63, 3.8) is 0 Å². The van der Waals surface area contributed by atoms with Gasteiger partial charge >= 0.3 is 0 Å². The fourth-order valence-corrected chi connectivity index (χ4v) is 11.6. The monoisotopic (exact) mass is 1000 g/mol. The third kappa shape index (κ3) is 14.8. The Morgan fingerprint density at radius 3 is 1.93 bits per heavy atom. The van der Waals surface area contributed by atoms with Crippen LogP contribution < -0.4 is 14.2 Å². The molecule has 2 aromatic rings. The number of hydrogen-bond acceptors (Lipinski definition) is 13. The van der Waals surface area contributed by atoms with E-state index in [1.54, 1.807) is 49.6 Å². The van der Waals surface area contributed by atoms with Gasteiger partial charge in [-0.2, -0.15) is 0 Å². The summed E-state index contributed by atoms with van der Waals surface area (Å²) in [6.45, 7) is 31.6. The van der Waals surface area contributed by atoms with E-state index in [1.807, 2.05) is 49.4 Å². The Labute approximate surface area is 418 Å². The number of benzene rings is 2. The van der Waals surface area contributed by atoms with Crippen LogP contribution >= 0.6 is 0 Å². The van der Waals surface area contributed by atoms with Crippen LogP contribution in [0.4, 0.5) is 0 Å². The van der Waals surface area contributed by atoms with E-state index >= 15 is 0 Å². The van der Waals surface area contributed by atoms with Gasteiger partial charge in [0, 0.05) is 59.4 Å². The first kappa shape index (κ1) is 59.0. The molecule has 13 nitrogen and oxygen atoms in total. The molecule has 2 aromatic carbocycles. The normalized spacial score (nSPS) is 26.2. The quantitative estimate of drug-likeness (QED) is 0.0694. The zero-order valence-electron chi connectivity index (χ0n) is 46.0. The summed E-state index contributed by atoms with van der Waals surface area (Å²) in [5.41, 5.74) is 1.89. The minimum Gasteiger partial charge on any atom is -0.497 e. The highest BCUT2D eigenvalue weighted by Crippen LogP contribution is 2.54. The molecule has 0 N–H and O–H groups in total. The largest absolute Gasteiger partial charge is 0.497 e. The average Bonchev–Trinajstić information content (AvgIpc) is 3.60. The second kappa shape index (κ2) is 24.9. The van der Waals surface area contributed by atoms with Gasteiger partial charge in [0.15, 0.2) is 28.1 Å². The minimum absolute atomic E-state index is 0.0503. The molecule has 0 radical (unpaired) electrons. The molecule has 11 atom stereocenters. The van der Waals surface area contributed by atoms with Gasteiger partial charge in [-0.15, -0.1) is 11.8 Å². The summed E-state index contributed by atoms with van der Waals surface area (Å²) >= 11 is 0. The Morgan fingerprint density at radius 1 is 0.754 bits per heavy atom. The van der Waals surface area contributed by atoms with Crippen molar-refractivity contribution >= 4 is 16.6 Å². The van der Waals surface area contributed by atoms with Crippen LogP contribution in [0, 0.1) is 23.7 Å². The Hall–Kier alpha value is -2.57. The molecule has 2 aliphatic rings. The van der Waals surface area contributed by atoms with Gasteiger partial charge in [0.05, 0.1) is 77.8 Å². The first-order chi connectivity index (χ1) is 32.3. The Morgan fingerprint density at radius 2 is 1.38 bits per heavy atom. The average molecular weight is 1000 g/mol. The van der Waals surface area contributed by atoms with Gasteiger partial charge in [0.1, 0.15) is 11.9 Å². The molecule has 0 saturated carbocycles. The predicted molar refractivity (Wildman–Crippen MR) is 276 cm³/mol. The third-order valence-corrected chi connectivity index (χ3v) is 24.1. The Kier molecular flexibility index (Phi) is 21.3. The van der Waals surface area contributed by atoms with Crippen molar-refractivity contribution in [3.8, 4) is 29.1 Å². The molecule has 0 aliphatic carbocycles. The zero-order valence-corrected chi connectivity index (χ0v) is 48.0. The van der Waals surface area contributed by atoms with E-state index in [1.165, 1.54) is 0 Å². The highest BCUT2D eigenvalue weighted by atomic mass is 28.4. The zero-order chi connectivity index (χ0) is 51.6. The maximum Gasteiger partial charge on any atom is 0.282 e. The van der Waals surface area contributed by atoms with Gasteiger partial charge in [-0.05, 0) is 85.0 Å². The van der Waals surface area contributed by atoms with E-state index in [0.717, 1.165) is 16.9 Å². The van der Waals surface area contributed by atoms with Crippen molar-refractivity contribution < 1.29 is 61.0 Å². The van der Waals surface area contributed by atoms with Crippen molar-refractivity contribution in [3.05, 3.63) is 53.6 Å².